The smallest absolute Gasteiger partial charge is 0.335 e. The number of aliphatic carboxylic acids is 1. The second kappa shape index (κ2) is 5.36. The molecule has 0 spiro atoms. The number of carbonyl (C=O) groups excluding carboxylic acids is 1. The molecule has 1 aromatic heterocycles. The Hall–Kier alpha value is -1.95. The van der Waals surface area contributed by atoms with Gasteiger partial charge < -0.3 is 14.7 Å². The summed E-state index contributed by atoms with van der Waals surface area (Å²) in [5.74, 6) is -1.28. The van der Waals surface area contributed by atoms with E-state index in [0.29, 0.717) is 5.56 Å². The number of amides is 1. The highest BCUT2D eigenvalue weighted by atomic mass is 16.5. The van der Waals surface area contributed by atoms with E-state index in [4.69, 9.17) is 4.74 Å². The number of morpholine rings is 1. The minimum atomic E-state index is -1.08. The number of rotatable bonds is 3. The molecule has 2 unspecified atom stereocenters. The van der Waals surface area contributed by atoms with Crippen molar-refractivity contribution in [2.75, 3.05) is 6.61 Å². The third-order valence-corrected chi connectivity index (χ3v) is 3.09. The summed E-state index contributed by atoms with van der Waals surface area (Å²) in [7, 11) is 0. The van der Waals surface area contributed by atoms with Gasteiger partial charge >= 0.3 is 5.97 Å². The van der Waals surface area contributed by atoms with Gasteiger partial charge in [0, 0.05) is 18.4 Å². The highest BCUT2D eigenvalue weighted by Crippen LogP contribution is 2.31. The average molecular weight is 264 g/mol. The maximum Gasteiger partial charge on any atom is 0.335 e. The van der Waals surface area contributed by atoms with Crippen LogP contribution in [-0.4, -0.2) is 45.6 Å². The second-order valence-electron chi connectivity index (χ2n) is 4.70. The fourth-order valence-corrected chi connectivity index (χ4v) is 2.33. The van der Waals surface area contributed by atoms with E-state index < -0.39 is 18.1 Å². The van der Waals surface area contributed by atoms with Gasteiger partial charge in [0.1, 0.15) is 6.61 Å². The molecule has 0 aromatic carbocycles. The predicted octanol–water partition coefficient (Wildman–Crippen LogP) is 0.843. The molecule has 0 bridgehead atoms. The molecule has 102 valence electrons. The van der Waals surface area contributed by atoms with Crippen molar-refractivity contribution >= 4 is 11.9 Å². The van der Waals surface area contributed by atoms with Crippen LogP contribution in [0.2, 0.25) is 0 Å². The van der Waals surface area contributed by atoms with Gasteiger partial charge in [-0.2, -0.15) is 0 Å². The van der Waals surface area contributed by atoms with Crippen molar-refractivity contribution in [2.45, 2.75) is 32.0 Å². The van der Waals surface area contributed by atoms with Gasteiger partial charge in [-0.1, -0.05) is 6.07 Å². The standard InChI is InChI=1S/C13H16N2O4/c1-8(2)15-10(16)7-19-12(13(17)18)11(15)9-4-3-5-14-6-9/h3-6,8,11-12H,7H2,1-2H3,(H,17,18). The van der Waals surface area contributed by atoms with Crippen molar-refractivity contribution in [3.63, 3.8) is 0 Å². The summed E-state index contributed by atoms with van der Waals surface area (Å²) >= 11 is 0. The van der Waals surface area contributed by atoms with Gasteiger partial charge in [-0.15, -0.1) is 0 Å². The molecule has 0 radical (unpaired) electrons. The second-order valence-corrected chi connectivity index (χ2v) is 4.70. The molecule has 1 saturated heterocycles. The third kappa shape index (κ3) is 2.58. The number of pyridine rings is 1. The molecule has 2 heterocycles. The Bertz CT molecular complexity index is 475. The number of carboxylic acids is 1. The zero-order chi connectivity index (χ0) is 14.0. The number of nitrogens with zero attached hydrogens (tertiary/aromatic N) is 2. The largest absolute Gasteiger partial charge is 0.479 e. The summed E-state index contributed by atoms with van der Waals surface area (Å²) in [5.41, 5.74) is 0.664. The number of carbonyl (C=O) groups is 2. The van der Waals surface area contributed by atoms with Crippen LogP contribution in [0.15, 0.2) is 24.5 Å². The van der Waals surface area contributed by atoms with Crippen LogP contribution in [0.4, 0.5) is 0 Å². The van der Waals surface area contributed by atoms with Crippen LogP contribution in [0.1, 0.15) is 25.5 Å². The Morgan fingerprint density at radius 1 is 1.58 bits per heavy atom. The first-order chi connectivity index (χ1) is 9.02. The average Bonchev–Trinajstić information content (AvgIpc) is 2.38. The van der Waals surface area contributed by atoms with Crippen LogP contribution in [0.3, 0.4) is 0 Å². The molecule has 6 nitrogen and oxygen atoms in total. The summed E-state index contributed by atoms with van der Waals surface area (Å²) < 4.78 is 5.18. The Morgan fingerprint density at radius 2 is 2.32 bits per heavy atom. The summed E-state index contributed by atoms with van der Waals surface area (Å²) in [6.45, 7) is 3.50. The van der Waals surface area contributed by atoms with Crippen LogP contribution in [-0.2, 0) is 14.3 Å². The van der Waals surface area contributed by atoms with Crippen LogP contribution in [0.25, 0.3) is 0 Å². The first-order valence-corrected chi connectivity index (χ1v) is 6.08. The molecular weight excluding hydrogens is 248 g/mol. The van der Waals surface area contributed by atoms with Crippen molar-refractivity contribution < 1.29 is 19.4 Å². The Kier molecular flexibility index (Phi) is 3.80. The lowest BCUT2D eigenvalue weighted by atomic mass is 9.98. The lowest BCUT2D eigenvalue weighted by Gasteiger charge is -2.41. The van der Waals surface area contributed by atoms with E-state index in [1.807, 2.05) is 13.8 Å². The number of aromatic nitrogens is 1. The minimum Gasteiger partial charge on any atom is -0.479 e. The highest BCUT2D eigenvalue weighted by molar-refractivity contribution is 5.83. The Labute approximate surface area is 111 Å². The molecule has 0 saturated carbocycles. The Balaban J connectivity index is 2.44. The molecule has 2 rings (SSSR count). The Morgan fingerprint density at radius 3 is 2.84 bits per heavy atom. The van der Waals surface area contributed by atoms with E-state index >= 15 is 0 Å². The van der Waals surface area contributed by atoms with Gasteiger partial charge in [0.15, 0.2) is 6.10 Å². The molecule has 2 atom stereocenters. The van der Waals surface area contributed by atoms with Crippen LogP contribution in [0, 0.1) is 0 Å². The molecular formula is C13H16N2O4. The summed E-state index contributed by atoms with van der Waals surface area (Å²) in [6, 6.07) is 2.72. The lowest BCUT2D eigenvalue weighted by molar-refractivity contribution is -0.175. The SMILES string of the molecule is CC(C)N1C(=O)COC(C(=O)O)C1c1cccnc1. The predicted molar refractivity (Wildman–Crippen MR) is 66.3 cm³/mol. The highest BCUT2D eigenvalue weighted by Gasteiger charge is 2.42. The van der Waals surface area contributed by atoms with E-state index in [-0.39, 0.29) is 18.6 Å². The van der Waals surface area contributed by atoms with Crippen LogP contribution in [0.5, 0.6) is 0 Å². The fraction of sp³-hybridized carbons (Fsp3) is 0.462. The first kappa shape index (κ1) is 13.5. The van der Waals surface area contributed by atoms with Gasteiger partial charge in [0.05, 0.1) is 6.04 Å². The van der Waals surface area contributed by atoms with Crippen molar-refractivity contribution in [2.24, 2.45) is 0 Å². The van der Waals surface area contributed by atoms with Crippen LogP contribution >= 0.6 is 0 Å². The first-order valence-electron chi connectivity index (χ1n) is 6.08. The molecule has 19 heavy (non-hydrogen) atoms. The van der Waals surface area contributed by atoms with Crippen molar-refractivity contribution in [3.05, 3.63) is 30.1 Å². The van der Waals surface area contributed by atoms with E-state index in [2.05, 4.69) is 4.98 Å². The summed E-state index contributed by atoms with van der Waals surface area (Å²) in [4.78, 5) is 28.8. The maximum atomic E-state index is 12.0. The summed E-state index contributed by atoms with van der Waals surface area (Å²) in [6.07, 6.45) is 2.10. The summed E-state index contributed by atoms with van der Waals surface area (Å²) in [5, 5.41) is 9.27. The van der Waals surface area contributed by atoms with Gasteiger partial charge in [-0.25, -0.2) is 4.79 Å². The van der Waals surface area contributed by atoms with E-state index in [0.717, 1.165) is 0 Å². The molecule has 0 aliphatic carbocycles. The minimum absolute atomic E-state index is 0.108. The van der Waals surface area contributed by atoms with E-state index in [1.165, 1.54) is 0 Å². The number of hydrogen-bond donors (Lipinski definition) is 1. The van der Waals surface area contributed by atoms with Gasteiger partial charge in [-0.05, 0) is 25.5 Å². The van der Waals surface area contributed by atoms with Gasteiger partial charge in [0.25, 0.3) is 0 Å². The van der Waals surface area contributed by atoms with Crippen molar-refractivity contribution in [3.8, 4) is 0 Å². The molecule has 1 amide bonds. The van der Waals surface area contributed by atoms with Crippen molar-refractivity contribution in [1.29, 1.82) is 0 Å². The van der Waals surface area contributed by atoms with E-state index in [9.17, 15) is 14.7 Å². The normalized spacial score (nSPS) is 23.7. The third-order valence-electron chi connectivity index (χ3n) is 3.09. The zero-order valence-electron chi connectivity index (χ0n) is 10.8. The molecule has 1 fully saturated rings. The quantitative estimate of drug-likeness (QED) is 0.875. The number of hydrogen-bond acceptors (Lipinski definition) is 4. The lowest BCUT2D eigenvalue weighted by Crippen LogP contribution is -2.54. The van der Waals surface area contributed by atoms with Gasteiger partial charge in [0.2, 0.25) is 5.91 Å². The van der Waals surface area contributed by atoms with Crippen LogP contribution < -0.4 is 0 Å². The number of carboxylic acid groups (broad SMARTS) is 1. The van der Waals surface area contributed by atoms with E-state index in [1.54, 1.807) is 29.4 Å². The molecule has 1 N–H and O–H groups in total. The van der Waals surface area contributed by atoms with Gasteiger partial charge in [-0.3, -0.25) is 9.78 Å². The monoisotopic (exact) mass is 264 g/mol. The maximum absolute atomic E-state index is 12.0. The molecule has 1 aliphatic rings. The molecule has 1 aromatic rings. The zero-order valence-corrected chi connectivity index (χ0v) is 10.8. The van der Waals surface area contributed by atoms with Crippen molar-refractivity contribution in [1.82, 2.24) is 9.88 Å². The molecule has 1 aliphatic heterocycles. The molecule has 6 heteroatoms. The fourth-order valence-electron chi connectivity index (χ4n) is 2.33. The number of ether oxygens (including phenoxy) is 1. The topological polar surface area (TPSA) is 79.7 Å².